The molecule has 0 spiro atoms. The second-order valence-electron chi connectivity index (χ2n) is 6.15. The normalized spacial score (nSPS) is 11.9. The first-order valence-corrected chi connectivity index (χ1v) is 8.61. The molecule has 5 rings (SSSR count). The summed E-state index contributed by atoms with van der Waals surface area (Å²) >= 11 is 0. The van der Waals surface area contributed by atoms with Crippen molar-refractivity contribution < 1.29 is 4.42 Å². The van der Waals surface area contributed by atoms with Crippen LogP contribution in [0.2, 0.25) is 0 Å². The molecule has 0 unspecified atom stereocenters. The molecule has 4 aromatic heterocycles. The molecule has 28 heavy (non-hydrogen) atoms. The molecule has 0 saturated carbocycles. The average molecular weight is 370 g/mol. The lowest BCUT2D eigenvalue weighted by Gasteiger charge is -2.01. The molecule has 0 bridgehead atoms. The van der Waals surface area contributed by atoms with Gasteiger partial charge >= 0.3 is 0 Å². The van der Waals surface area contributed by atoms with Crippen molar-refractivity contribution in [2.45, 2.75) is 6.54 Å². The van der Waals surface area contributed by atoms with Crippen LogP contribution in [0, 0.1) is 0 Å². The average Bonchev–Trinajstić information content (AvgIpc) is 3.33. The van der Waals surface area contributed by atoms with Gasteiger partial charge in [-0.25, -0.2) is 15.0 Å². The molecule has 8 heteroatoms. The van der Waals surface area contributed by atoms with Crippen molar-refractivity contribution in [3.63, 3.8) is 0 Å². The summed E-state index contributed by atoms with van der Waals surface area (Å²) in [5.41, 5.74) is 2.49. The number of hydrogen-bond acceptors (Lipinski definition) is 6. The summed E-state index contributed by atoms with van der Waals surface area (Å²) in [5.74, 6) is 0.573. The highest BCUT2D eigenvalue weighted by molar-refractivity contribution is 6.04. The highest BCUT2D eigenvalue weighted by Crippen LogP contribution is 2.24. The van der Waals surface area contributed by atoms with Crippen molar-refractivity contribution in [1.82, 2.24) is 24.2 Å². The van der Waals surface area contributed by atoms with Gasteiger partial charge < -0.3 is 4.42 Å². The number of rotatable bonds is 4. The number of fused-ring (bicyclic) bond motifs is 4. The predicted octanol–water partition coefficient (Wildman–Crippen LogP) is 2.96. The van der Waals surface area contributed by atoms with Crippen LogP contribution in [0.25, 0.3) is 33.2 Å². The molecule has 0 amide bonds. The van der Waals surface area contributed by atoms with E-state index in [1.165, 1.54) is 15.6 Å². The van der Waals surface area contributed by atoms with Gasteiger partial charge in [-0.15, -0.1) is 6.58 Å². The molecular formula is C20H14N6O2. The third-order valence-electron chi connectivity index (χ3n) is 4.38. The number of furan rings is 1. The summed E-state index contributed by atoms with van der Waals surface area (Å²) in [6.45, 7) is 4.04. The topological polar surface area (TPSA) is 91.1 Å². The van der Waals surface area contributed by atoms with Gasteiger partial charge in [0.05, 0.1) is 23.5 Å². The maximum absolute atomic E-state index is 13.0. The largest absolute Gasteiger partial charge is 0.463 e. The molecule has 136 valence electrons. The van der Waals surface area contributed by atoms with E-state index in [0.717, 1.165) is 0 Å². The van der Waals surface area contributed by atoms with E-state index in [4.69, 9.17) is 4.42 Å². The van der Waals surface area contributed by atoms with Gasteiger partial charge in [0.1, 0.15) is 23.0 Å². The number of benzene rings is 1. The lowest BCUT2D eigenvalue weighted by Crippen LogP contribution is -2.19. The van der Waals surface area contributed by atoms with Crippen LogP contribution in [-0.2, 0) is 6.54 Å². The molecule has 0 aliphatic rings. The minimum atomic E-state index is -0.216. The number of allylic oxidation sites excluding steroid dienone is 1. The summed E-state index contributed by atoms with van der Waals surface area (Å²) in [4.78, 5) is 26.8. The molecule has 0 N–H and O–H groups in total. The van der Waals surface area contributed by atoms with Gasteiger partial charge in [0.2, 0.25) is 0 Å². The number of aromatic nitrogens is 5. The van der Waals surface area contributed by atoms with E-state index in [9.17, 15) is 4.79 Å². The standard InChI is InChI=1S/C20H14N6O2/c1-2-9-25-12-21-18-16(20(25)27)17-19(24-15-8-4-3-7-14(15)23-17)26(18)22-11-13-6-5-10-28-13/h2-8,10-12H,1,9H2/b22-11-. The molecule has 0 fully saturated rings. The first-order valence-electron chi connectivity index (χ1n) is 8.61. The Labute approximate surface area is 158 Å². The lowest BCUT2D eigenvalue weighted by molar-refractivity contribution is 0.559. The van der Waals surface area contributed by atoms with Crippen LogP contribution in [0.1, 0.15) is 5.76 Å². The van der Waals surface area contributed by atoms with Crippen molar-refractivity contribution in [3.05, 3.63) is 77.8 Å². The zero-order valence-corrected chi connectivity index (χ0v) is 14.7. The molecular weight excluding hydrogens is 356 g/mol. The van der Waals surface area contributed by atoms with Gasteiger partial charge in [0.15, 0.2) is 11.3 Å². The Balaban J connectivity index is 1.90. The Morgan fingerprint density at radius 2 is 1.93 bits per heavy atom. The Morgan fingerprint density at radius 3 is 2.68 bits per heavy atom. The van der Waals surface area contributed by atoms with Gasteiger partial charge in [-0.05, 0) is 24.3 Å². The molecule has 1 aromatic carbocycles. The monoisotopic (exact) mass is 370 g/mol. The van der Waals surface area contributed by atoms with E-state index in [2.05, 4.69) is 26.6 Å². The molecule has 5 aromatic rings. The fourth-order valence-corrected chi connectivity index (χ4v) is 3.11. The molecule has 0 atom stereocenters. The summed E-state index contributed by atoms with van der Waals surface area (Å²) in [6.07, 6.45) is 6.23. The van der Waals surface area contributed by atoms with Crippen LogP contribution in [0.4, 0.5) is 0 Å². The van der Waals surface area contributed by atoms with Crippen molar-refractivity contribution in [2.75, 3.05) is 0 Å². The molecule has 4 heterocycles. The maximum Gasteiger partial charge on any atom is 0.265 e. The zero-order chi connectivity index (χ0) is 19.1. The first kappa shape index (κ1) is 16.1. The summed E-state index contributed by atoms with van der Waals surface area (Å²) in [6, 6.07) is 11.0. The van der Waals surface area contributed by atoms with Crippen LogP contribution in [0.15, 0.2) is 76.0 Å². The maximum atomic E-state index is 13.0. The smallest absolute Gasteiger partial charge is 0.265 e. The van der Waals surface area contributed by atoms with Gasteiger partial charge in [-0.3, -0.25) is 9.36 Å². The van der Waals surface area contributed by atoms with Crippen LogP contribution in [-0.4, -0.2) is 30.4 Å². The second kappa shape index (κ2) is 6.27. The van der Waals surface area contributed by atoms with E-state index in [-0.39, 0.29) is 5.56 Å². The summed E-state index contributed by atoms with van der Waals surface area (Å²) in [5, 5.41) is 4.82. The van der Waals surface area contributed by atoms with Crippen molar-refractivity contribution in [2.24, 2.45) is 5.10 Å². The highest BCUT2D eigenvalue weighted by Gasteiger charge is 2.19. The van der Waals surface area contributed by atoms with Crippen LogP contribution < -0.4 is 5.56 Å². The van der Waals surface area contributed by atoms with E-state index in [1.54, 1.807) is 30.7 Å². The number of hydrogen-bond donors (Lipinski definition) is 0. The summed E-state index contributed by atoms with van der Waals surface area (Å²) < 4.78 is 8.30. The van der Waals surface area contributed by atoms with Crippen LogP contribution >= 0.6 is 0 Å². The van der Waals surface area contributed by atoms with Crippen molar-refractivity contribution in [1.29, 1.82) is 0 Å². The van der Waals surface area contributed by atoms with Gasteiger partial charge in [0.25, 0.3) is 5.56 Å². The fraction of sp³-hybridized carbons (Fsp3) is 0.0500. The van der Waals surface area contributed by atoms with E-state index >= 15 is 0 Å². The third kappa shape index (κ3) is 2.43. The van der Waals surface area contributed by atoms with Crippen LogP contribution in [0.5, 0.6) is 0 Å². The Kier molecular flexibility index (Phi) is 3.61. The van der Waals surface area contributed by atoms with Crippen LogP contribution in [0.3, 0.4) is 0 Å². The van der Waals surface area contributed by atoms with Crippen molar-refractivity contribution >= 4 is 39.4 Å². The van der Waals surface area contributed by atoms with E-state index in [0.29, 0.717) is 45.5 Å². The fourth-order valence-electron chi connectivity index (χ4n) is 3.11. The SMILES string of the molecule is C=CCn1cnc2c(c1=O)c1nc3ccccc3nc1n2/N=C\c1ccco1. The Bertz CT molecular complexity index is 1430. The minimum Gasteiger partial charge on any atom is -0.463 e. The Hall–Kier alpha value is -4.07. The molecule has 0 saturated heterocycles. The van der Waals surface area contributed by atoms with Crippen molar-refractivity contribution in [3.8, 4) is 0 Å². The molecule has 8 nitrogen and oxygen atoms in total. The summed E-state index contributed by atoms with van der Waals surface area (Å²) in [7, 11) is 0. The van der Waals surface area contributed by atoms with Gasteiger partial charge in [-0.2, -0.15) is 9.78 Å². The lowest BCUT2D eigenvalue weighted by atomic mass is 10.3. The Morgan fingerprint density at radius 1 is 1.11 bits per heavy atom. The van der Waals surface area contributed by atoms with E-state index in [1.807, 2.05) is 24.3 Å². The zero-order valence-electron chi connectivity index (χ0n) is 14.7. The highest BCUT2D eigenvalue weighted by atomic mass is 16.3. The second-order valence-corrected chi connectivity index (χ2v) is 6.15. The van der Waals surface area contributed by atoms with Gasteiger partial charge in [-0.1, -0.05) is 18.2 Å². The third-order valence-corrected chi connectivity index (χ3v) is 4.38. The minimum absolute atomic E-state index is 0.216. The molecule has 0 aliphatic carbocycles. The number of para-hydroxylation sites is 2. The molecule has 0 radical (unpaired) electrons. The molecule has 0 aliphatic heterocycles. The number of nitrogens with zero attached hydrogens (tertiary/aromatic N) is 6. The quantitative estimate of drug-likeness (QED) is 0.358. The predicted molar refractivity (Wildman–Crippen MR) is 106 cm³/mol. The van der Waals surface area contributed by atoms with E-state index < -0.39 is 0 Å². The van der Waals surface area contributed by atoms with Gasteiger partial charge in [0, 0.05) is 6.54 Å². The first-order chi connectivity index (χ1) is 13.8.